The zero-order chi connectivity index (χ0) is 27.1. The molecule has 0 saturated carbocycles. The number of carbonyl (C=O) groups excluding carboxylic acids is 1. The first kappa shape index (κ1) is 27.5. The van der Waals surface area contributed by atoms with E-state index < -0.39 is 17.5 Å². The second kappa shape index (κ2) is 12.3. The number of aliphatic carboxylic acids is 2. The van der Waals surface area contributed by atoms with Gasteiger partial charge in [0.05, 0.1) is 12.0 Å². The van der Waals surface area contributed by atoms with E-state index in [-0.39, 0.29) is 37.9 Å². The molecule has 1 aliphatic carbocycles. The fourth-order valence-electron chi connectivity index (χ4n) is 5.47. The average Bonchev–Trinajstić information content (AvgIpc) is 2.90. The molecule has 204 valence electrons. The molecule has 2 N–H and O–H groups in total. The first-order chi connectivity index (χ1) is 18.3. The van der Waals surface area contributed by atoms with Gasteiger partial charge in [-0.25, -0.2) is 0 Å². The van der Waals surface area contributed by atoms with E-state index in [2.05, 4.69) is 6.07 Å². The number of fused-ring (bicyclic) bond motifs is 2. The Balaban J connectivity index is 1.52. The minimum atomic E-state index is -1.18. The largest absolute Gasteiger partial charge is 0.490 e. The first-order valence-electron chi connectivity index (χ1n) is 13.5. The highest BCUT2D eigenvalue weighted by molar-refractivity contribution is 6.01. The number of carboxylic acid groups (broad SMARTS) is 2. The lowest BCUT2D eigenvalue weighted by molar-refractivity contribution is -0.139. The normalized spacial score (nSPS) is 15.7. The van der Waals surface area contributed by atoms with Crippen molar-refractivity contribution in [3.05, 3.63) is 52.6 Å². The number of ether oxygens (including phenoxy) is 3. The highest BCUT2D eigenvalue weighted by Crippen LogP contribution is 2.44. The molecule has 0 amide bonds. The van der Waals surface area contributed by atoms with Gasteiger partial charge in [0.2, 0.25) is 0 Å². The van der Waals surface area contributed by atoms with Gasteiger partial charge in [-0.15, -0.1) is 0 Å². The summed E-state index contributed by atoms with van der Waals surface area (Å²) in [6.45, 7) is 2.67. The number of hydrogen-bond donors (Lipinski definition) is 2. The summed E-state index contributed by atoms with van der Waals surface area (Å²) < 4.78 is 18.6. The molecule has 2 aromatic rings. The first-order valence-corrected chi connectivity index (χ1v) is 13.5. The van der Waals surface area contributed by atoms with Gasteiger partial charge >= 0.3 is 11.9 Å². The van der Waals surface area contributed by atoms with Crippen LogP contribution >= 0.6 is 0 Å². The maximum Gasteiger partial charge on any atom is 0.303 e. The molecular weight excluding hydrogens is 488 g/mol. The van der Waals surface area contributed by atoms with Crippen molar-refractivity contribution in [3.63, 3.8) is 0 Å². The van der Waals surface area contributed by atoms with Crippen molar-refractivity contribution in [2.24, 2.45) is 0 Å². The minimum Gasteiger partial charge on any atom is -0.490 e. The predicted octanol–water partition coefficient (Wildman–Crippen LogP) is 5.41. The SMILES string of the molecule is CCCc1c(OCCOc2cccc3c2CCCC3)ccc2c1OC(CCC(=O)O)(CCC(=O)O)CC2=O. The van der Waals surface area contributed by atoms with Crippen LogP contribution in [-0.4, -0.2) is 46.7 Å². The van der Waals surface area contributed by atoms with Crippen LogP contribution in [0.25, 0.3) is 0 Å². The molecule has 0 atom stereocenters. The van der Waals surface area contributed by atoms with Gasteiger partial charge in [0, 0.05) is 18.4 Å². The number of carboxylic acids is 2. The number of aryl methyl sites for hydroxylation is 1. The highest BCUT2D eigenvalue weighted by atomic mass is 16.5. The number of Topliss-reactive ketones (excluding diaryl/α,β-unsaturated/α-hetero) is 1. The number of benzene rings is 2. The summed E-state index contributed by atoms with van der Waals surface area (Å²) in [5.41, 5.74) is 2.62. The fraction of sp³-hybridized carbons (Fsp3) is 0.500. The van der Waals surface area contributed by atoms with Gasteiger partial charge in [-0.05, 0) is 74.3 Å². The van der Waals surface area contributed by atoms with E-state index >= 15 is 0 Å². The van der Waals surface area contributed by atoms with Gasteiger partial charge in [-0.3, -0.25) is 14.4 Å². The standard InChI is InChI=1S/C30H36O8/c1-2-6-23-26(37-18-17-36-25-10-5-8-20-7-3-4-9-21(20)25)12-11-22-24(31)19-30(38-29(22)23,15-13-27(32)33)16-14-28(34)35/h5,8,10-12H,2-4,6-7,9,13-19H2,1H3,(H,32,33)(H,34,35). The second-order valence-electron chi connectivity index (χ2n) is 10.1. The molecular formula is C30H36O8. The summed E-state index contributed by atoms with van der Waals surface area (Å²) in [5, 5.41) is 18.5. The van der Waals surface area contributed by atoms with Gasteiger partial charge in [-0.1, -0.05) is 25.5 Å². The monoisotopic (exact) mass is 524 g/mol. The summed E-state index contributed by atoms with van der Waals surface area (Å²) in [5.74, 6) is -0.346. The Labute approximate surface area is 222 Å². The van der Waals surface area contributed by atoms with Crippen LogP contribution < -0.4 is 14.2 Å². The van der Waals surface area contributed by atoms with Crippen molar-refractivity contribution >= 4 is 17.7 Å². The third-order valence-corrected chi connectivity index (χ3v) is 7.36. The van der Waals surface area contributed by atoms with E-state index in [4.69, 9.17) is 14.2 Å². The van der Waals surface area contributed by atoms with Gasteiger partial charge in [0.15, 0.2) is 5.78 Å². The molecule has 1 aliphatic heterocycles. The summed E-state index contributed by atoms with van der Waals surface area (Å²) in [7, 11) is 0. The number of rotatable bonds is 13. The fourth-order valence-corrected chi connectivity index (χ4v) is 5.47. The molecule has 0 fully saturated rings. The Morgan fingerprint density at radius 2 is 1.63 bits per heavy atom. The molecule has 38 heavy (non-hydrogen) atoms. The summed E-state index contributed by atoms with van der Waals surface area (Å²) in [6, 6.07) is 9.64. The molecule has 0 unspecified atom stereocenters. The van der Waals surface area contributed by atoms with Crippen LogP contribution in [0.2, 0.25) is 0 Å². The molecule has 0 bridgehead atoms. The summed E-state index contributed by atoms with van der Waals surface area (Å²) in [4.78, 5) is 35.8. The molecule has 4 rings (SSSR count). The van der Waals surface area contributed by atoms with Crippen LogP contribution in [0, 0.1) is 0 Å². The van der Waals surface area contributed by atoms with Gasteiger partial charge in [-0.2, -0.15) is 0 Å². The Morgan fingerprint density at radius 3 is 2.32 bits per heavy atom. The Morgan fingerprint density at radius 1 is 0.947 bits per heavy atom. The van der Waals surface area contributed by atoms with Crippen LogP contribution in [0.15, 0.2) is 30.3 Å². The van der Waals surface area contributed by atoms with Crippen molar-refractivity contribution in [2.45, 2.75) is 83.2 Å². The van der Waals surface area contributed by atoms with Crippen molar-refractivity contribution in [3.8, 4) is 17.2 Å². The van der Waals surface area contributed by atoms with Crippen LogP contribution in [0.3, 0.4) is 0 Å². The lowest BCUT2D eigenvalue weighted by Crippen LogP contribution is -2.43. The highest BCUT2D eigenvalue weighted by Gasteiger charge is 2.42. The zero-order valence-corrected chi connectivity index (χ0v) is 21.9. The molecule has 8 nitrogen and oxygen atoms in total. The van der Waals surface area contributed by atoms with E-state index in [1.165, 1.54) is 24.0 Å². The Bertz CT molecular complexity index is 1170. The van der Waals surface area contributed by atoms with E-state index in [0.29, 0.717) is 36.7 Å². The average molecular weight is 525 g/mol. The van der Waals surface area contributed by atoms with Crippen molar-refractivity contribution in [2.75, 3.05) is 13.2 Å². The summed E-state index contributed by atoms with van der Waals surface area (Å²) >= 11 is 0. The van der Waals surface area contributed by atoms with Crippen LogP contribution in [0.1, 0.15) is 85.3 Å². The number of carbonyl (C=O) groups is 3. The van der Waals surface area contributed by atoms with Crippen molar-refractivity contribution in [1.82, 2.24) is 0 Å². The van der Waals surface area contributed by atoms with Crippen LogP contribution in [0.5, 0.6) is 17.2 Å². The van der Waals surface area contributed by atoms with Crippen LogP contribution in [-0.2, 0) is 28.9 Å². The molecule has 2 aliphatic rings. The number of hydrogen-bond acceptors (Lipinski definition) is 6. The molecule has 0 saturated heterocycles. The second-order valence-corrected chi connectivity index (χ2v) is 10.1. The lowest BCUT2D eigenvalue weighted by Gasteiger charge is -2.39. The Hall–Kier alpha value is -3.55. The maximum atomic E-state index is 13.2. The zero-order valence-electron chi connectivity index (χ0n) is 21.9. The van der Waals surface area contributed by atoms with Crippen LogP contribution in [0.4, 0.5) is 0 Å². The Kier molecular flexibility index (Phi) is 8.92. The van der Waals surface area contributed by atoms with E-state index in [1.807, 2.05) is 19.1 Å². The predicted molar refractivity (Wildman–Crippen MR) is 141 cm³/mol. The third kappa shape index (κ3) is 6.47. The molecule has 0 spiro atoms. The smallest absolute Gasteiger partial charge is 0.303 e. The van der Waals surface area contributed by atoms with Crippen molar-refractivity contribution in [1.29, 1.82) is 0 Å². The molecule has 2 aromatic carbocycles. The molecule has 0 aromatic heterocycles. The van der Waals surface area contributed by atoms with Gasteiger partial charge in [0.25, 0.3) is 0 Å². The van der Waals surface area contributed by atoms with E-state index in [9.17, 15) is 24.6 Å². The van der Waals surface area contributed by atoms with Gasteiger partial charge < -0.3 is 24.4 Å². The quantitative estimate of drug-likeness (QED) is 0.334. The topological polar surface area (TPSA) is 119 Å². The third-order valence-electron chi connectivity index (χ3n) is 7.36. The molecule has 8 heteroatoms. The number of ketones is 1. The van der Waals surface area contributed by atoms with Gasteiger partial charge in [0.1, 0.15) is 36.1 Å². The maximum absolute atomic E-state index is 13.2. The van der Waals surface area contributed by atoms with Crippen molar-refractivity contribution < 1.29 is 38.8 Å². The van der Waals surface area contributed by atoms with E-state index in [0.717, 1.165) is 30.6 Å². The minimum absolute atomic E-state index is 0.0483. The van der Waals surface area contributed by atoms with E-state index in [1.54, 1.807) is 12.1 Å². The summed E-state index contributed by atoms with van der Waals surface area (Å²) in [6.07, 6.45) is 5.44. The molecule has 1 heterocycles. The molecule has 0 radical (unpaired) electrons. The lowest BCUT2D eigenvalue weighted by atomic mass is 9.82.